The minimum Gasteiger partial charge on any atom is -0.481 e. The Morgan fingerprint density at radius 2 is 1.57 bits per heavy atom. The molecule has 2 aliphatic rings. The van der Waals surface area contributed by atoms with Gasteiger partial charge in [-0.25, -0.2) is 4.90 Å². The van der Waals surface area contributed by atoms with E-state index in [9.17, 15) is 29.1 Å². The number of Topliss-reactive ketones (excluding diaryl/α,β-unsaturated/α-hetero) is 1. The Bertz CT molecular complexity index is 1210. The van der Waals surface area contributed by atoms with E-state index in [1.54, 1.807) is 54.6 Å². The minimum atomic E-state index is -0.985. The van der Waals surface area contributed by atoms with Gasteiger partial charge >= 0.3 is 5.97 Å². The van der Waals surface area contributed by atoms with Gasteiger partial charge in [-0.15, -0.1) is 11.8 Å². The number of carbonyl (C=O) groups excluding carboxylic acids is 4. The van der Waals surface area contributed by atoms with Crippen molar-refractivity contribution in [2.24, 2.45) is 11.8 Å². The predicted octanol–water partition coefficient (Wildman–Crippen LogP) is 3.92. The number of amides is 3. The van der Waals surface area contributed by atoms with Crippen molar-refractivity contribution in [1.82, 2.24) is 0 Å². The Balaban J connectivity index is 1.39. The second kappa shape index (κ2) is 10.3. The summed E-state index contributed by atoms with van der Waals surface area (Å²) in [6, 6.07) is 13.2. The number of imide groups is 1. The van der Waals surface area contributed by atoms with Crippen molar-refractivity contribution in [3.63, 3.8) is 0 Å². The van der Waals surface area contributed by atoms with Crippen LogP contribution >= 0.6 is 11.8 Å². The molecule has 1 fully saturated rings. The summed E-state index contributed by atoms with van der Waals surface area (Å²) in [6.07, 6.45) is 4.37. The number of thioether (sulfide) groups is 1. The van der Waals surface area contributed by atoms with Gasteiger partial charge in [0.1, 0.15) is 0 Å². The zero-order valence-electron chi connectivity index (χ0n) is 19.0. The number of aliphatic carboxylic acids is 1. The average Bonchev–Trinajstić information content (AvgIpc) is 3.12. The van der Waals surface area contributed by atoms with Gasteiger partial charge in [-0.05, 0) is 68.3 Å². The molecule has 3 unspecified atom stereocenters. The van der Waals surface area contributed by atoms with Crippen molar-refractivity contribution in [3.05, 3.63) is 66.2 Å². The highest BCUT2D eigenvalue weighted by Crippen LogP contribution is 2.35. The van der Waals surface area contributed by atoms with Crippen LogP contribution in [0.4, 0.5) is 11.4 Å². The molecule has 2 aromatic carbocycles. The summed E-state index contributed by atoms with van der Waals surface area (Å²) in [7, 11) is 0. The van der Waals surface area contributed by atoms with Crippen LogP contribution in [-0.2, 0) is 19.2 Å². The molecule has 0 saturated carbocycles. The van der Waals surface area contributed by atoms with E-state index >= 15 is 0 Å². The highest BCUT2D eigenvalue weighted by molar-refractivity contribution is 8.00. The molecular formula is C26H24N2O6S. The van der Waals surface area contributed by atoms with Gasteiger partial charge in [-0.1, -0.05) is 12.2 Å². The number of benzene rings is 2. The highest BCUT2D eigenvalue weighted by Gasteiger charge is 2.40. The van der Waals surface area contributed by atoms with E-state index < -0.39 is 23.1 Å². The number of hydrogen-bond donors (Lipinski definition) is 2. The van der Waals surface area contributed by atoms with Crippen LogP contribution in [0.2, 0.25) is 0 Å². The zero-order valence-corrected chi connectivity index (χ0v) is 19.8. The van der Waals surface area contributed by atoms with E-state index in [1.165, 1.54) is 18.7 Å². The third-order valence-corrected chi connectivity index (χ3v) is 7.32. The molecule has 0 radical (unpaired) electrons. The van der Waals surface area contributed by atoms with Crippen LogP contribution in [0.1, 0.15) is 36.5 Å². The van der Waals surface area contributed by atoms with Gasteiger partial charge in [0.05, 0.1) is 22.8 Å². The lowest BCUT2D eigenvalue weighted by Crippen LogP contribution is -2.34. The molecule has 0 spiro atoms. The number of carboxylic acid groups (broad SMARTS) is 1. The fraction of sp³-hybridized carbons (Fsp3) is 0.269. The lowest BCUT2D eigenvalue weighted by molar-refractivity contribution is -0.146. The first kappa shape index (κ1) is 24.4. The smallest absolute Gasteiger partial charge is 0.307 e. The summed E-state index contributed by atoms with van der Waals surface area (Å²) in [4.78, 5) is 62.9. The number of carbonyl (C=O) groups is 5. The lowest BCUT2D eigenvalue weighted by Gasteiger charge is -2.24. The molecule has 2 N–H and O–H groups in total. The molecular weight excluding hydrogens is 468 g/mol. The second-order valence-electron chi connectivity index (χ2n) is 8.49. The maximum atomic E-state index is 12.9. The van der Waals surface area contributed by atoms with Gasteiger partial charge in [0, 0.05) is 22.6 Å². The second-order valence-corrected chi connectivity index (χ2v) is 9.76. The number of allylic oxidation sites excluding steroid dienone is 2. The number of ketones is 1. The molecule has 1 heterocycles. The minimum absolute atomic E-state index is 0.0578. The fourth-order valence-electron chi connectivity index (χ4n) is 4.21. The first-order valence-corrected chi connectivity index (χ1v) is 12.1. The maximum absolute atomic E-state index is 12.9. The number of rotatable bonds is 7. The van der Waals surface area contributed by atoms with E-state index in [-0.39, 0.29) is 29.9 Å². The van der Waals surface area contributed by atoms with Crippen molar-refractivity contribution in [1.29, 1.82) is 0 Å². The summed E-state index contributed by atoms with van der Waals surface area (Å²) in [5, 5.41) is 11.6. The van der Waals surface area contributed by atoms with Crippen molar-refractivity contribution >= 4 is 52.6 Å². The van der Waals surface area contributed by atoms with Crippen LogP contribution in [0.15, 0.2) is 65.6 Å². The van der Waals surface area contributed by atoms with Gasteiger partial charge in [0.2, 0.25) is 17.7 Å². The van der Waals surface area contributed by atoms with E-state index in [2.05, 4.69) is 5.32 Å². The molecule has 0 aromatic heterocycles. The quantitative estimate of drug-likeness (QED) is 0.341. The Morgan fingerprint density at radius 3 is 2.17 bits per heavy atom. The van der Waals surface area contributed by atoms with Gasteiger partial charge in [0.25, 0.3) is 0 Å². The normalized spacial score (nSPS) is 21.7. The van der Waals surface area contributed by atoms with Gasteiger partial charge < -0.3 is 10.4 Å². The molecule has 3 amide bonds. The molecule has 1 aliphatic heterocycles. The third kappa shape index (κ3) is 5.35. The Hall–Kier alpha value is -3.72. The van der Waals surface area contributed by atoms with Crippen molar-refractivity contribution in [2.45, 2.75) is 36.3 Å². The molecule has 35 heavy (non-hydrogen) atoms. The summed E-state index contributed by atoms with van der Waals surface area (Å²) in [6.45, 7) is 1.45. The molecule has 8 nitrogen and oxygen atoms in total. The van der Waals surface area contributed by atoms with Crippen LogP contribution in [0.3, 0.4) is 0 Å². The van der Waals surface area contributed by atoms with E-state index in [1.807, 2.05) is 6.08 Å². The predicted molar refractivity (Wildman–Crippen MR) is 131 cm³/mol. The number of hydrogen-bond acceptors (Lipinski definition) is 6. The fourth-order valence-corrected chi connectivity index (χ4v) is 5.26. The first-order chi connectivity index (χ1) is 16.7. The van der Waals surface area contributed by atoms with E-state index in [0.717, 1.165) is 9.80 Å². The van der Waals surface area contributed by atoms with E-state index in [0.29, 0.717) is 29.8 Å². The zero-order chi connectivity index (χ0) is 25.1. The largest absolute Gasteiger partial charge is 0.481 e. The monoisotopic (exact) mass is 492 g/mol. The number of nitrogens with zero attached hydrogens (tertiary/aromatic N) is 1. The molecule has 2 aromatic rings. The van der Waals surface area contributed by atoms with Crippen LogP contribution < -0.4 is 10.2 Å². The van der Waals surface area contributed by atoms with Gasteiger partial charge in [-0.2, -0.15) is 0 Å². The van der Waals surface area contributed by atoms with Crippen molar-refractivity contribution < 1.29 is 29.1 Å². The maximum Gasteiger partial charge on any atom is 0.307 e. The Labute approximate surface area is 206 Å². The molecule has 0 bridgehead atoms. The van der Waals surface area contributed by atoms with Crippen LogP contribution in [0.5, 0.6) is 0 Å². The summed E-state index contributed by atoms with van der Waals surface area (Å²) in [5.74, 6) is -3.43. The first-order valence-electron chi connectivity index (χ1n) is 11.2. The molecule has 9 heteroatoms. The number of nitrogens with one attached hydrogen (secondary N) is 1. The number of carboxylic acids is 1. The Kier molecular flexibility index (Phi) is 7.16. The molecule has 1 aliphatic carbocycles. The molecule has 180 valence electrons. The topological polar surface area (TPSA) is 121 Å². The summed E-state index contributed by atoms with van der Waals surface area (Å²) in [5.41, 5.74) is 1.46. The Morgan fingerprint density at radius 1 is 0.943 bits per heavy atom. The number of anilines is 2. The van der Waals surface area contributed by atoms with Crippen molar-refractivity contribution in [3.8, 4) is 0 Å². The molecule has 4 rings (SSSR count). The standard InChI is InChI=1S/C26H24N2O6S/c1-15(29)16-6-10-18(11-7-16)28-23(30)14-22(25(28)32)35-19-12-8-17(9-13-19)27-24(31)20-4-2-3-5-21(20)26(33)34/h2-3,6-13,20-22H,4-5,14H2,1H3,(H,27,31)(H,33,34). The highest BCUT2D eigenvalue weighted by atomic mass is 32.2. The van der Waals surface area contributed by atoms with Gasteiger partial charge in [-0.3, -0.25) is 24.0 Å². The van der Waals surface area contributed by atoms with Crippen molar-refractivity contribution in [2.75, 3.05) is 10.2 Å². The molecule has 1 saturated heterocycles. The third-order valence-electron chi connectivity index (χ3n) is 6.12. The summed E-state index contributed by atoms with van der Waals surface area (Å²) >= 11 is 1.26. The van der Waals surface area contributed by atoms with Crippen LogP contribution in [-0.4, -0.2) is 39.8 Å². The lowest BCUT2D eigenvalue weighted by atomic mass is 9.82. The SMILES string of the molecule is CC(=O)c1ccc(N2C(=O)CC(Sc3ccc(NC(=O)C4CC=CCC4C(=O)O)cc3)C2=O)cc1. The van der Waals surface area contributed by atoms with Crippen LogP contribution in [0, 0.1) is 11.8 Å². The van der Waals surface area contributed by atoms with E-state index in [4.69, 9.17) is 0 Å². The average molecular weight is 493 g/mol. The van der Waals surface area contributed by atoms with Crippen LogP contribution in [0.25, 0.3) is 0 Å². The van der Waals surface area contributed by atoms with Gasteiger partial charge in [0.15, 0.2) is 5.78 Å². The summed E-state index contributed by atoms with van der Waals surface area (Å²) < 4.78 is 0. The molecule has 3 atom stereocenters.